The van der Waals surface area contributed by atoms with Gasteiger partial charge >= 0.3 is 0 Å². The fourth-order valence-electron chi connectivity index (χ4n) is 2.56. The first-order valence-corrected chi connectivity index (χ1v) is 8.36. The molecule has 3 rings (SSSR count). The second-order valence-corrected chi connectivity index (χ2v) is 6.31. The van der Waals surface area contributed by atoms with Gasteiger partial charge in [-0.3, -0.25) is 4.90 Å². The smallest absolute Gasteiger partial charge is 0.185 e. The molecule has 0 aliphatic carbocycles. The van der Waals surface area contributed by atoms with Crippen molar-refractivity contribution in [3.63, 3.8) is 0 Å². The molecule has 1 aliphatic rings. The number of nitrogens with one attached hydrogen (secondary N) is 1. The first-order chi connectivity index (χ1) is 10.3. The predicted molar refractivity (Wildman–Crippen MR) is 90.4 cm³/mol. The molecule has 1 saturated heterocycles. The lowest BCUT2D eigenvalue weighted by Crippen LogP contribution is -2.47. The van der Waals surface area contributed by atoms with Crippen molar-refractivity contribution in [2.24, 2.45) is 0 Å². The molecule has 0 spiro atoms. The summed E-state index contributed by atoms with van der Waals surface area (Å²) in [5.74, 6) is 0. The molecule has 112 valence electrons. The molecule has 0 bridgehead atoms. The van der Waals surface area contributed by atoms with Crippen LogP contribution in [0.1, 0.15) is 5.56 Å². The van der Waals surface area contributed by atoms with Crippen molar-refractivity contribution in [1.82, 2.24) is 9.88 Å². The molecule has 1 aromatic heterocycles. The van der Waals surface area contributed by atoms with Gasteiger partial charge in [0.05, 0.1) is 0 Å². The summed E-state index contributed by atoms with van der Waals surface area (Å²) in [5, 5.41) is 6.70. The van der Waals surface area contributed by atoms with E-state index in [4.69, 9.17) is 0 Å². The normalized spacial score (nSPS) is 16.1. The van der Waals surface area contributed by atoms with Crippen LogP contribution in [0.2, 0.25) is 0 Å². The van der Waals surface area contributed by atoms with Gasteiger partial charge in [0.15, 0.2) is 5.13 Å². The maximum absolute atomic E-state index is 4.39. The maximum Gasteiger partial charge on any atom is 0.185 e. The number of anilines is 2. The van der Waals surface area contributed by atoms with Crippen molar-refractivity contribution in [1.29, 1.82) is 0 Å². The van der Waals surface area contributed by atoms with Gasteiger partial charge in [0.2, 0.25) is 0 Å². The number of hydrogen-bond acceptors (Lipinski definition) is 5. The molecule has 0 unspecified atom stereocenters. The van der Waals surface area contributed by atoms with Crippen molar-refractivity contribution in [3.8, 4) is 0 Å². The Hall–Kier alpha value is -1.59. The zero-order valence-electron chi connectivity index (χ0n) is 12.5. The molecule has 1 N–H and O–H groups in total. The minimum atomic E-state index is 1.00. The SMILES string of the molecule is Cc1ccc(NCCN2CCN(c3nccs3)CC2)cc1. The van der Waals surface area contributed by atoms with Crippen molar-refractivity contribution < 1.29 is 0 Å². The zero-order chi connectivity index (χ0) is 14.5. The van der Waals surface area contributed by atoms with Gasteiger partial charge in [-0.05, 0) is 19.1 Å². The molecule has 0 amide bonds. The fraction of sp³-hybridized carbons (Fsp3) is 0.438. The first-order valence-electron chi connectivity index (χ1n) is 7.48. The van der Waals surface area contributed by atoms with E-state index in [2.05, 4.69) is 51.3 Å². The number of thiazole rings is 1. The van der Waals surface area contributed by atoms with Gasteiger partial charge in [-0.2, -0.15) is 0 Å². The predicted octanol–water partition coefficient (Wildman–Crippen LogP) is 2.69. The van der Waals surface area contributed by atoms with Gasteiger partial charge in [-0.25, -0.2) is 4.98 Å². The van der Waals surface area contributed by atoms with E-state index in [0.29, 0.717) is 0 Å². The maximum atomic E-state index is 4.39. The van der Waals surface area contributed by atoms with Crippen LogP contribution in [0.25, 0.3) is 0 Å². The number of aryl methyl sites for hydroxylation is 1. The Labute approximate surface area is 130 Å². The van der Waals surface area contributed by atoms with E-state index in [9.17, 15) is 0 Å². The van der Waals surface area contributed by atoms with E-state index < -0.39 is 0 Å². The second-order valence-electron chi connectivity index (χ2n) is 5.44. The summed E-state index contributed by atoms with van der Waals surface area (Å²) in [6, 6.07) is 8.59. The van der Waals surface area contributed by atoms with Crippen LogP contribution in [0, 0.1) is 6.92 Å². The molecule has 4 nitrogen and oxygen atoms in total. The quantitative estimate of drug-likeness (QED) is 0.920. The number of nitrogens with zero attached hydrogens (tertiary/aromatic N) is 3. The third kappa shape index (κ3) is 3.95. The highest BCUT2D eigenvalue weighted by molar-refractivity contribution is 7.13. The Balaban J connectivity index is 1.38. The summed E-state index contributed by atoms with van der Waals surface area (Å²) in [7, 11) is 0. The highest BCUT2D eigenvalue weighted by Crippen LogP contribution is 2.18. The van der Waals surface area contributed by atoms with Crippen LogP contribution < -0.4 is 10.2 Å². The molecule has 2 heterocycles. The molecule has 0 radical (unpaired) electrons. The summed E-state index contributed by atoms with van der Waals surface area (Å²) in [4.78, 5) is 9.29. The lowest BCUT2D eigenvalue weighted by atomic mass is 10.2. The van der Waals surface area contributed by atoms with E-state index in [1.165, 1.54) is 11.3 Å². The van der Waals surface area contributed by atoms with Gasteiger partial charge in [-0.15, -0.1) is 11.3 Å². The van der Waals surface area contributed by atoms with Gasteiger partial charge in [0.25, 0.3) is 0 Å². The number of benzene rings is 1. The zero-order valence-corrected chi connectivity index (χ0v) is 13.3. The second kappa shape index (κ2) is 6.91. The molecule has 1 aliphatic heterocycles. The van der Waals surface area contributed by atoms with Crippen LogP contribution >= 0.6 is 11.3 Å². The topological polar surface area (TPSA) is 31.4 Å². The summed E-state index contributed by atoms with van der Waals surface area (Å²) in [6.07, 6.45) is 1.89. The summed E-state index contributed by atoms with van der Waals surface area (Å²) >= 11 is 1.73. The van der Waals surface area contributed by atoms with Crippen molar-refractivity contribution >= 4 is 22.2 Å². The lowest BCUT2D eigenvalue weighted by Gasteiger charge is -2.34. The number of aromatic nitrogens is 1. The van der Waals surface area contributed by atoms with Crippen LogP contribution in [0.15, 0.2) is 35.8 Å². The highest BCUT2D eigenvalue weighted by atomic mass is 32.1. The van der Waals surface area contributed by atoms with Crippen LogP contribution in [0.4, 0.5) is 10.8 Å². The van der Waals surface area contributed by atoms with E-state index in [1.807, 2.05) is 11.6 Å². The van der Waals surface area contributed by atoms with Gasteiger partial charge < -0.3 is 10.2 Å². The molecule has 21 heavy (non-hydrogen) atoms. The van der Waals surface area contributed by atoms with Crippen molar-refractivity contribution in [2.45, 2.75) is 6.92 Å². The number of piperazine rings is 1. The third-order valence-corrected chi connectivity index (χ3v) is 4.70. The minimum absolute atomic E-state index is 1.00. The number of rotatable bonds is 5. The van der Waals surface area contributed by atoms with Crippen LogP contribution in [-0.2, 0) is 0 Å². The van der Waals surface area contributed by atoms with Crippen LogP contribution in [0.5, 0.6) is 0 Å². The average Bonchev–Trinajstić information content (AvgIpc) is 3.04. The lowest BCUT2D eigenvalue weighted by molar-refractivity contribution is 0.267. The van der Waals surface area contributed by atoms with Crippen molar-refractivity contribution in [3.05, 3.63) is 41.4 Å². The Kier molecular flexibility index (Phi) is 4.72. The molecular weight excluding hydrogens is 280 g/mol. The Morgan fingerprint density at radius 3 is 2.57 bits per heavy atom. The molecule has 0 saturated carbocycles. The average molecular weight is 302 g/mol. The van der Waals surface area contributed by atoms with E-state index in [-0.39, 0.29) is 0 Å². The molecule has 1 fully saturated rings. The Morgan fingerprint density at radius 2 is 1.90 bits per heavy atom. The van der Waals surface area contributed by atoms with Gasteiger partial charge in [0.1, 0.15) is 0 Å². The largest absolute Gasteiger partial charge is 0.384 e. The summed E-state index contributed by atoms with van der Waals surface area (Å²) in [6.45, 7) is 8.62. The molecule has 5 heteroatoms. The minimum Gasteiger partial charge on any atom is -0.384 e. The van der Waals surface area contributed by atoms with E-state index in [1.54, 1.807) is 11.3 Å². The monoisotopic (exact) mass is 302 g/mol. The standard InChI is InChI=1S/C16H22N4S/c1-14-2-4-15(5-3-14)17-6-8-19-9-11-20(12-10-19)16-18-7-13-21-16/h2-5,7,13,17H,6,8-12H2,1H3. The van der Waals surface area contributed by atoms with Crippen molar-refractivity contribution in [2.75, 3.05) is 49.5 Å². The van der Waals surface area contributed by atoms with E-state index >= 15 is 0 Å². The first kappa shape index (κ1) is 14.4. The third-order valence-electron chi connectivity index (χ3n) is 3.87. The van der Waals surface area contributed by atoms with E-state index in [0.717, 1.165) is 44.4 Å². The fourth-order valence-corrected chi connectivity index (χ4v) is 3.26. The van der Waals surface area contributed by atoms with Crippen LogP contribution in [-0.4, -0.2) is 49.2 Å². The molecule has 0 atom stereocenters. The van der Waals surface area contributed by atoms with Gasteiger partial charge in [-0.1, -0.05) is 17.7 Å². The molecular formula is C16H22N4S. The Morgan fingerprint density at radius 1 is 1.14 bits per heavy atom. The summed E-state index contributed by atoms with van der Waals surface area (Å²) < 4.78 is 0. The summed E-state index contributed by atoms with van der Waals surface area (Å²) in [5.41, 5.74) is 2.51. The van der Waals surface area contributed by atoms with Gasteiger partial charge in [0, 0.05) is 56.5 Å². The molecule has 2 aromatic rings. The van der Waals surface area contributed by atoms with Crippen LogP contribution in [0.3, 0.4) is 0 Å². The Bertz CT molecular complexity index is 530. The number of hydrogen-bond donors (Lipinski definition) is 1. The highest BCUT2D eigenvalue weighted by Gasteiger charge is 2.17. The molecule has 1 aromatic carbocycles.